The van der Waals surface area contributed by atoms with E-state index in [0.29, 0.717) is 17.2 Å². The van der Waals surface area contributed by atoms with Crippen molar-refractivity contribution >= 4 is 11.6 Å². The van der Waals surface area contributed by atoms with Crippen LogP contribution >= 0.6 is 0 Å². The van der Waals surface area contributed by atoms with Crippen molar-refractivity contribution in [3.05, 3.63) is 23.8 Å². The third kappa shape index (κ3) is 3.65. The largest absolute Gasteiger partial charge is 0.493 e. The maximum atomic E-state index is 10.6. The van der Waals surface area contributed by atoms with Crippen LogP contribution in [0.1, 0.15) is 18.9 Å². The zero-order valence-electron chi connectivity index (χ0n) is 10.3. The molecule has 0 aliphatic rings. The minimum atomic E-state index is -0.422. The van der Waals surface area contributed by atoms with Crippen molar-refractivity contribution in [2.75, 3.05) is 13.7 Å². The van der Waals surface area contributed by atoms with Gasteiger partial charge in [-0.15, -0.1) is 0 Å². The van der Waals surface area contributed by atoms with Gasteiger partial charge in [0.05, 0.1) is 25.8 Å². The van der Waals surface area contributed by atoms with E-state index in [4.69, 9.17) is 20.4 Å². The number of nitrogens with two attached hydrogens (primary N) is 1. The summed E-state index contributed by atoms with van der Waals surface area (Å²) >= 11 is 0. The molecule has 1 rings (SSSR count). The van der Waals surface area contributed by atoms with Gasteiger partial charge in [0.2, 0.25) is 5.91 Å². The first-order valence-corrected chi connectivity index (χ1v) is 5.36. The Balaban J connectivity index is 2.83. The van der Waals surface area contributed by atoms with E-state index >= 15 is 0 Å². The summed E-state index contributed by atoms with van der Waals surface area (Å²) in [5.41, 5.74) is 6.20. The average molecular weight is 252 g/mol. The van der Waals surface area contributed by atoms with Crippen LogP contribution in [-0.4, -0.2) is 30.5 Å². The highest BCUT2D eigenvalue weighted by Crippen LogP contribution is 2.28. The van der Waals surface area contributed by atoms with E-state index in [0.717, 1.165) is 5.56 Å². The normalized spacial score (nSPS) is 11.1. The minimum absolute atomic E-state index is 0.141. The van der Waals surface area contributed by atoms with Gasteiger partial charge in [-0.2, -0.15) is 0 Å². The second kappa shape index (κ2) is 6.48. The fraction of sp³-hybridized carbons (Fsp3) is 0.333. The van der Waals surface area contributed by atoms with Crippen molar-refractivity contribution in [3.8, 4) is 11.5 Å². The van der Waals surface area contributed by atoms with E-state index in [1.165, 1.54) is 7.11 Å². The number of carbonyl (C=O) groups excluding carboxylic acids is 1. The molecule has 0 saturated carbocycles. The molecule has 1 amide bonds. The van der Waals surface area contributed by atoms with E-state index in [1.54, 1.807) is 25.1 Å². The molecule has 0 spiro atoms. The Hall–Kier alpha value is -2.24. The van der Waals surface area contributed by atoms with Crippen molar-refractivity contribution in [3.63, 3.8) is 0 Å². The molecule has 1 aromatic carbocycles. The predicted molar refractivity (Wildman–Crippen MR) is 66.3 cm³/mol. The topological polar surface area (TPSA) is 94.1 Å². The third-order valence-electron chi connectivity index (χ3n) is 2.34. The van der Waals surface area contributed by atoms with Gasteiger partial charge in [0.15, 0.2) is 11.5 Å². The van der Waals surface area contributed by atoms with E-state index in [-0.39, 0.29) is 13.0 Å². The van der Waals surface area contributed by atoms with Crippen LogP contribution in [0.25, 0.3) is 0 Å². The third-order valence-corrected chi connectivity index (χ3v) is 2.34. The SMILES string of the molecule is COc1cc(/C(C)=N/O)ccc1OCCC(N)=O. The molecule has 0 unspecified atom stereocenters. The lowest BCUT2D eigenvalue weighted by atomic mass is 10.1. The Labute approximate surface area is 105 Å². The first-order valence-electron chi connectivity index (χ1n) is 5.36. The van der Waals surface area contributed by atoms with Crippen LogP contribution in [0.2, 0.25) is 0 Å². The fourth-order valence-electron chi connectivity index (χ4n) is 1.33. The molecule has 0 aromatic heterocycles. The van der Waals surface area contributed by atoms with Gasteiger partial charge in [0, 0.05) is 5.56 Å². The van der Waals surface area contributed by atoms with Gasteiger partial charge in [-0.05, 0) is 25.1 Å². The number of benzene rings is 1. The Kier molecular flexibility index (Phi) is 4.98. The number of ether oxygens (including phenoxy) is 2. The van der Waals surface area contributed by atoms with Crippen LogP contribution < -0.4 is 15.2 Å². The van der Waals surface area contributed by atoms with Crippen LogP contribution in [0.4, 0.5) is 0 Å². The van der Waals surface area contributed by atoms with Gasteiger partial charge in [0.25, 0.3) is 0 Å². The summed E-state index contributed by atoms with van der Waals surface area (Å²) in [6.45, 7) is 1.86. The first-order chi connectivity index (χ1) is 8.58. The highest BCUT2D eigenvalue weighted by atomic mass is 16.5. The summed E-state index contributed by atoms with van der Waals surface area (Å²) in [5, 5.41) is 11.8. The maximum absolute atomic E-state index is 10.6. The molecule has 0 fully saturated rings. The van der Waals surface area contributed by atoms with E-state index in [9.17, 15) is 4.79 Å². The van der Waals surface area contributed by atoms with Crippen LogP contribution in [0.3, 0.4) is 0 Å². The average Bonchev–Trinajstić information content (AvgIpc) is 2.37. The highest BCUT2D eigenvalue weighted by molar-refractivity contribution is 5.98. The van der Waals surface area contributed by atoms with Crippen molar-refractivity contribution in [1.29, 1.82) is 0 Å². The number of hydrogen-bond donors (Lipinski definition) is 2. The minimum Gasteiger partial charge on any atom is -0.493 e. The fourth-order valence-corrected chi connectivity index (χ4v) is 1.33. The standard InChI is InChI=1S/C12H16N2O4/c1-8(14-16)9-3-4-10(11(7-9)17-2)18-6-5-12(13)15/h3-4,7,16H,5-6H2,1-2H3,(H2,13,15)/b14-8+. The van der Waals surface area contributed by atoms with E-state index in [1.807, 2.05) is 0 Å². The van der Waals surface area contributed by atoms with Crippen molar-refractivity contribution in [2.45, 2.75) is 13.3 Å². The Morgan fingerprint density at radius 1 is 1.44 bits per heavy atom. The molecule has 0 bridgehead atoms. The first kappa shape index (κ1) is 13.8. The van der Waals surface area contributed by atoms with Crippen molar-refractivity contribution in [1.82, 2.24) is 0 Å². The molecule has 98 valence electrons. The summed E-state index contributed by atoms with van der Waals surface area (Å²) < 4.78 is 10.5. The molecule has 6 nitrogen and oxygen atoms in total. The lowest BCUT2D eigenvalue weighted by Gasteiger charge is -2.11. The summed E-state index contributed by atoms with van der Waals surface area (Å²) in [7, 11) is 1.51. The molecule has 18 heavy (non-hydrogen) atoms. The predicted octanol–water partition coefficient (Wildman–Crippen LogP) is 1.15. The Bertz CT molecular complexity index is 457. The van der Waals surface area contributed by atoms with Gasteiger partial charge in [-0.25, -0.2) is 0 Å². The summed E-state index contributed by atoms with van der Waals surface area (Å²) in [4.78, 5) is 10.6. The number of hydrogen-bond acceptors (Lipinski definition) is 5. The summed E-state index contributed by atoms with van der Waals surface area (Å²) in [6.07, 6.45) is 0.141. The molecule has 0 saturated heterocycles. The number of rotatable bonds is 6. The van der Waals surface area contributed by atoms with Crippen LogP contribution in [0.15, 0.2) is 23.4 Å². The zero-order valence-corrected chi connectivity index (χ0v) is 10.3. The number of amides is 1. The Morgan fingerprint density at radius 2 is 2.17 bits per heavy atom. The molecule has 3 N–H and O–H groups in total. The number of carbonyl (C=O) groups is 1. The number of primary amides is 1. The molecule has 0 aliphatic carbocycles. The van der Waals surface area contributed by atoms with Gasteiger partial charge in [0.1, 0.15) is 0 Å². The lowest BCUT2D eigenvalue weighted by molar-refractivity contribution is -0.118. The summed E-state index contributed by atoms with van der Waals surface area (Å²) in [5.74, 6) is 0.585. The number of oxime groups is 1. The number of nitrogens with zero attached hydrogens (tertiary/aromatic N) is 1. The van der Waals surface area contributed by atoms with E-state index < -0.39 is 5.91 Å². The van der Waals surface area contributed by atoms with Crippen molar-refractivity contribution in [2.24, 2.45) is 10.9 Å². The molecule has 0 radical (unpaired) electrons. The van der Waals surface area contributed by atoms with E-state index in [2.05, 4.69) is 5.16 Å². The molecule has 0 atom stereocenters. The van der Waals surface area contributed by atoms with Crippen LogP contribution in [-0.2, 0) is 4.79 Å². The van der Waals surface area contributed by atoms with Gasteiger partial charge >= 0.3 is 0 Å². The van der Waals surface area contributed by atoms with Crippen LogP contribution in [0, 0.1) is 0 Å². The highest BCUT2D eigenvalue weighted by Gasteiger charge is 2.08. The van der Waals surface area contributed by atoms with Gasteiger partial charge < -0.3 is 20.4 Å². The second-order valence-corrected chi connectivity index (χ2v) is 3.62. The van der Waals surface area contributed by atoms with Gasteiger partial charge in [-0.1, -0.05) is 5.16 Å². The molecule has 0 aliphatic heterocycles. The molecule has 6 heteroatoms. The molecular weight excluding hydrogens is 236 g/mol. The summed E-state index contributed by atoms with van der Waals surface area (Å²) in [6, 6.07) is 5.11. The number of methoxy groups -OCH3 is 1. The van der Waals surface area contributed by atoms with Gasteiger partial charge in [-0.3, -0.25) is 4.79 Å². The molecular formula is C12H16N2O4. The maximum Gasteiger partial charge on any atom is 0.220 e. The second-order valence-electron chi connectivity index (χ2n) is 3.62. The zero-order chi connectivity index (χ0) is 13.5. The quantitative estimate of drug-likeness (QED) is 0.451. The lowest BCUT2D eigenvalue weighted by Crippen LogP contribution is -2.14. The van der Waals surface area contributed by atoms with Crippen molar-refractivity contribution < 1.29 is 19.5 Å². The van der Waals surface area contributed by atoms with Crippen LogP contribution in [0.5, 0.6) is 11.5 Å². The Morgan fingerprint density at radius 3 is 2.72 bits per heavy atom. The smallest absolute Gasteiger partial charge is 0.220 e. The molecule has 0 heterocycles. The molecule has 1 aromatic rings. The monoisotopic (exact) mass is 252 g/mol.